The fourth-order valence-electron chi connectivity index (χ4n) is 3.91. The second kappa shape index (κ2) is 9.24. The molecular weight excluding hydrogens is 378 g/mol. The molecule has 1 fully saturated rings. The number of aromatic nitrogens is 1. The molecule has 30 heavy (non-hydrogen) atoms. The Hall–Kier alpha value is -2.96. The molecule has 0 spiro atoms. The van der Waals surface area contributed by atoms with Crippen LogP contribution in [0, 0.1) is 0 Å². The van der Waals surface area contributed by atoms with Crippen molar-refractivity contribution in [2.45, 2.75) is 18.6 Å². The van der Waals surface area contributed by atoms with Gasteiger partial charge >= 0.3 is 0 Å². The van der Waals surface area contributed by atoms with Gasteiger partial charge in [-0.1, -0.05) is 36.4 Å². The van der Waals surface area contributed by atoms with Crippen LogP contribution in [0.2, 0.25) is 0 Å². The summed E-state index contributed by atoms with van der Waals surface area (Å²) < 4.78 is 5.80. The molecule has 3 aromatic rings. The van der Waals surface area contributed by atoms with Gasteiger partial charge in [0.25, 0.3) is 5.91 Å². The van der Waals surface area contributed by atoms with Crippen molar-refractivity contribution in [2.24, 2.45) is 0 Å². The smallest absolute Gasteiger partial charge is 0.260 e. The van der Waals surface area contributed by atoms with E-state index in [0.29, 0.717) is 18.8 Å². The predicted molar refractivity (Wildman–Crippen MR) is 116 cm³/mol. The van der Waals surface area contributed by atoms with Crippen LogP contribution in [0.25, 0.3) is 10.9 Å². The van der Waals surface area contributed by atoms with Crippen LogP contribution < -0.4 is 4.74 Å². The third kappa shape index (κ3) is 4.78. The normalized spacial score (nSPS) is 17.7. The highest BCUT2D eigenvalue weighted by molar-refractivity contribution is 5.80. The molecule has 1 aromatic heterocycles. The molecule has 0 aliphatic carbocycles. The van der Waals surface area contributed by atoms with E-state index in [4.69, 9.17) is 4.74 Å². The Balaban J connectivity index is 1.44. The van der Waals surface area contributed by atoms with Crippen LogP contribution >= 0.6 is 0 Å². The van der Waals surface area contributed by atoms with Gasteiger partial charge in [0.1, 0.15) is 5.75 Å². The first-order chi connectivity index (χ1) is 14.6. The van der Waals surface area contributed by atoms with Gasteiger partial charge in [-0.25, -0.2) is 0 Å². The van der Waals surface area contributed by atoms with E-state index < -0.39 is 0 Å². The minimum Gasteiger partial charge on any atom is -0.484 e. The highest BCUT2D eigenvalue weighted by Crippen LogP contribution is 2.24. The number of likely N-dealkylation sites (N-methyl/N-ethyl adjacent to an activating group) is 1. The number of β-amino-alcohol motifs (C(OH)–C–C–N with tert-alkyl or cyclic N) is 1. The number of rotatable bonds is 7. The lowest BCUT2D eigenvalue weighted by atomic mass is 10.0. The summed E-state index contributed by atoms with van der Waals surface area (Å²) in [6.45, 7) is 2.14. The molecule has 1 N–H and O–H groups in total. The van der Waals surface area contributed by atoms with Gasteiger partial charge in [0.15, 0.2) is 6.61 Å². The molecule has 1 saturated heterocycles. The van der Waals surface area contributed by atoms with Crippen molar-refractivity contribution >= 4 is 16.8 Å². The number of nitrogens with zero attached hydrogens (tertiary/aromatic N) is 3. The molecule has 2 atom stereocenters. The number of ether oxygens (including phenoxy) is 1. The van der Waals surface area contributed by atoms with Gasteiger partial charge in [0.2, 0.25) is 0 Å². The summed E-state index contributed by atoms with van der Waals surface area (Å²) in [4.78, 5) is 21.2. The lowest BCUT2D eigenvalue weighted by Crippen LogP contribution is -2.40. The van der Waals surface area contributed by atoms with Crippen molar-refractivity contribution in [1.82, 2.24) is 14.8 Å². The number of carbonyl (C=O) groups is 1. The number of aliphatic hydroxyl groups excluding tert-OH is 1. The first-order valence-electron chi connectivity index (χ1n) is 10.3. The van der Waals surface area contributed by atoms with E-state index in [9.17, 15) is 9.90 Å². The van der Waals surface area contributed by atoms with E-state index in [0.717, 1.165) is 29.4 Å². The molecule has 6 nitrogen and oxygen atoms in total. The van der Waals surface area contributed by atoms with Gasteiger partial charge in [-0.3, -0.25) is 14.7 Å². The van der Waals surface area contributed by atoms with Crippen LogP contribution in [0.5, 0.6) is 5.75 Å². The predicted octanol–water partition coefficient (Wildman–Crippen LogP) is 2.88. The van der Waals surface area contributed by atoms with Crippen molar-refractivity contribution in [1.29, 1.82) is 0 Å². The molecule has 1 unspecified atom stereocenters. The monoisotopic (exact) mass is 405 g/mol. The maximum atomic E-state index is 13.0. The zero-order chi connectivity index (χ0) is 20.9. The van der Waals surface area contributed by atoms with Crippen molar-refractivity contribution in [2.75, 3.05) is 33.3 Å². The highest BCUT2D eigenvalue weighted by atomic mass is 16.5. The first-order valence-corrected chi connectivity index (χ1v) is 10.3. The standard InChI is InChI=1S/C24H27N3O3/c1-26(23(18-6-3-2-4-7-18)16-27-13-11-20(28)15-27)24(29)17-30-21-9-10-22-19(14-21)8-5-12-25-22/h2-10,12,14,20,23,28H,11,13,15-17H2,1H3/t20-,23?/m0/s1. The summed E-state index contributed by atoms with van der Waals surface area (Å²) in [5.41, 5.74) is 1.97. The number of pyridine rings is 1. The largest absolute Gasteiger partial charge is 0.484 e. The van der Waals surface area contributed by atoms with Gasteiger partial charge < -0.3 is 14.7 Å². The Labute approximate surface area is 176 Å². The molecule has 0 bridgehead atoms. The lowest BCUT2D eigenvalue weighted by molar-refractivity contribution is -0.134. The SMILES string of the molecule is CN(C(=O)COc1ccc2ncccc2c1)C(CN1CC[C@H](O)C1)c1ccccc1. The fraction of sp³-hybridized carbons (Fsp3) is 0.333. The summed E-state index contributed by atoms with van der Waals surface area (Å²) >= 11 is 0. The Morgan fingerprint density at radius 3 is 2.83 bits per heavy atom. The third-order valence-electron chi connectivity index (χ3n) is 5.66. The number of hydrogen-bond donors (Lipinski definition) is 1. The van der Waals surface area contributed by atoms with Gasteiger partial charge in [0, 0.05) is 38.3 Å². The van der Waals surface area contributed by atoms with Crippen molar-refractivity contribution in [3.8, 4) is 5.75 Å². The summed E-state index contributed by atoms with van der Waals surface area (Å²) in [5, 5.41) is 10.8. The van der Waals surface area contributed by atoms with E-state index in [2.05, 4.69) is 9.88 Å². The Morgan fingerprint density at radius 1 is 1.23 bits per heavy atom. The maximum Gasteiger partial charge on any atom is 0.260 e. The van der Waals surface area contributed by atoms with E-state index in [-0.39, 0.29) is 24.7 Å². The average Bonchev–Trinajstić information content (AvgIpc) is 3.20. The second-order valence-electron chi connectivity index (χ2n) is 7.78. The summed E-state index contributed by atoms with van der Waals surface area (Å²) in [6, 6.07) is 19.4. The Morgan fingerprint density at radius 2 is 2.07 bits per heavy atom. The fourth-order valence-corrected chi connectivity index (χ4v) is 3.91. The van der Waals surface area contributed by atoms with E-state index in [1.54, 1.807) is 11.1 Å². The zero-order valence-corrected chi connectivity index (χ0v) is 17.1. The van der Waals surface area contributed by atoms with Gasteiger partial charge in [-0.05, 0) is 36.2 Å². The highest BCUT2D eigenvalue weighted by Gasteiger charge is 2.28. The summed E-state index contributed by atoms with van der Waals surface area (Å²) in [7, 11) is 1.82. The molecular formula is C24H27N3O3. The number of carbonyl (C=O) groups excluding carboxylic acids is 1. The van der Waals surface area contributed by atoms with Crippen LogP contribution in [-0.2, 0) is 4.79 Å². The quantitative estimate of drug-likeness (QED) is 0.655. The van der Waals surface area contributed by atoms with Gasteiger partial charge in [0.05, 0.1) is 17.7 Å². The van der Waals surface area contributed by atoms with Crippen LogP contribution in [-0.4, -0.2) is 65.2 Å². The molecule has 2 heterocycles. The maximum absolute atomic E-state index is 13.0. The average molecular weight is 405 g/mol. The molecule has 1 aliphatic rings. The number of benzene rings is 2. The summed E-state index contributed by atoms with van der Waals surface area (Å²) in [5.74, 6) is 0.561. The minimum absolute atomic E-state index is 0.0335. The van der Waals surface area contributed by atoms with Crippen LogP contribution in [0.3, 0.4) is 0 Å². The molecule has 0 radical (unpaired) electrons. The van der Waals surface area contributed by atoms with Gasteiger partial charge in [-0.15, -0.1) is 0 Å². The van der Waals surface area contributed by atoms with Crippen LogP contribution in [0.4, 0.5) is 0 Å². The number of hydrogen-bond acceptors (Lipinski definition) is 5. The molecule has 156 valence electrons. The number of fused-ring (bicyclic) bond motifs is 1. The van der Waals surface area contributed by atoms with Crippen LogP contribution in [0.1, 0.15) is 18.0 Å². The first kappa shape index (κ1) is 20.3. The molecule has 6 heteroatoms. The topological polar surface area (TPSA) is 65.9 Å². The Kier molecular flexibility index (Phi) is 6.26. The van der Waals surface area contributed by atoms with E-state index in [1.165, 1.54) is 0 Å². The number of likely N-dealkylation sites (tertiary alicyclic amines) is 1. The second-order valence-corrected chi connectivity index (χ2v) is 7.78. The number of aliphatic hydroxyl groups is 1. The van der Waals surface area contributed by atoms with Crippen molar-refractivity contribution in [3.63, 3.8) is 0 Å². The van der Waals surface area contributed by atoms with E-state index in [1.807, 2.05) is 67.7 Å². The van der Waals surface area contributed by atoms with Crippen LogP contribution in [0.15, 0.2) is 66.9 Å². The minimum atomic E-state index is -0.284. The van der Waals surface area contributed by atoms with Crippen molar-refractivity contribution in [3.05, 3.63) is 72.4 Å². The molecule has 1 aliphatic heterocycles. The van der Waals surface area contributed by atoms with Crippen molar-refractivity contribution < 1.29 is 14.6 Å². The number of amides is 1. The molecule has 4 rings (SSSR count). The van der Waals surface area contributed by atoms with E-state index >= 15 is 0 Å². The molecule has 2 aromatic carbocycles. The molecule has 0 saturated carbocycles. The zero-order valence-electron chi connectivity index (χ0n) is 17.1. The Bertz CT molecular complexity index is 995. The van der Waals surface area contributed by atoms with Gasteiger partial charge in [-0.2, -0.15) is 0 Å². The summed E-state index contributed by atoms with van der Waals surface area (Å²) in [6.07, 6.45) is 2.25. The molecule has 1 amide bonds. The third-order valence-corrected chi connectivity index (χ3v) is 5.66. The lowest BCUT2D eigenvalue weighted by Gasteiger charge is -2.32.